The lowest BCUT2D eigenvalue weighted by atomic mass is 10.1. The molecule has 2 heterocycles. The lowest BCUT2D eigenvalue weighted by molar-refractivity contribution is 0.0534. The lowest BCUT2D eigenvalue weighted by Crippen LogP contribution is -2.50. The molecule has 1 aliphatic heterocycles. The van der Waals surface area contributed by atoms with E-state index >= 15 is 0 Å². The van der Waals surface area contributed by atoms with Gasteiger partial charge in [0.15, 0.2) is 0 Å². The van der Waals surface area contributed by atoms with E-state index in [9.17, 15) is 9.59 Å². The third-order valence-corrected chi connectivity index (χ3v) is 5.26. The van der Waals surface area contributed by atoms with Crippen LogP contribution >= 0.6 is 11.8 Å². The average molecular weight is 372 g/mol. The van der Waals surface area contributed by atoms with Crippen molar-refractivity contribution in [3.8, 4) is 0 Å². The zero-order valence-electron chi connectivity index (χ0n) is 15.4. The van der Waals surface area contributed by atoms with Crippen LogP contribution in [-0.4, -0.2) is 54.0 Å². The molecule has 138 valence electrons. The number of carbonyl (C=O) groups is 2. The number of aryl methyl sites for hydroxylation is 2. The molecule has 2 aromatic rings. The molecule has 0 aliphatic carbocycles. The van der Waals surface area contributed by atoms with Crippen LogP contribution in [0.25, 0.3) is 0 Å². The van der Waals surface area contributed by atoms with Gasteiger partial charge in [-0.25, -0.2) is 0 Å². The minimum atomic E-state index is -0.0205. The van der Waals surface area contributed by atoms with Crippen LogP contribution in [0.2, 0.25) is 0 Å². The van der Waals surface area contributed by atoms with Gasteiger partial charge in [0.2, 0.25) is 0 Å². The minimum Gasteiger partial charge on any atom is -0.466 e. The quantitative estimate of drug-likeness (QED) is 0.826. The fraction of sp³-hybridized carbons (Fsp3) is 0.400. The van der Waals surface area contributed by atoms with Crippen molar-refractivity contribution >= 4 is 23.6 Å². The standard InChI is InChI=1S/C20H24N2O3S/c1-14-12-18(15(2)25-14)20(24)22-10-8-21(9-11-22)19(23)17-6-4-16(5-7-17)13-26-3/h4-7,12H,8-11,13H2,1-3H3. The fourth-order valence-electron chi connectivity index (χ4n) is 3.22. The van der Waals surface area contributed by atoms with Gasteiger partial charge in [0.1, 0.15) is 11.5 Å². The third-order valence-electron chi connectivity index (χ3n) is 4.64. The zero-order valence-corrected chi connectivity index (χ0v) is 16.3. The first kappa shape index (κ1) is 18.6. The molecule has 0 bridgehead atoms. The summed E-state index contributed by atoms with van der Waals surface area (Å²) >= 11 is 1.76. The first-order valence-electron chi connectivity index (χ1n) is 8.73. The van der Waals surface area contributed by atoms with Crippen molar-refractivity contribution in [2.24, 2.45) is 0 Å². The van der Waals surface area contributed by atoms with E-state index in [1.807, 2.05) is 36.1 Å². The predicted molar refractivity (Wildman–Crippen MR) is 104 cm³/mol. The Hall–Kier alpha value is -2.21. The molecule has 0 radical (unpaired) electrons. The second kappa shape index (κ2) is 7.99. The van der Waals surface area contributed by atoms with Crippen molar-refractivity contribution < 1.29 is 14.0 Å². The summed E-state index contributed by atoms with van der Waals surface area (Å²) in [5.74, 6) is 2.35. The maximum absolute atomic E-state index is 12.7. The highest BCUT2D eigenvalue weighted by Crippen LogP contribution is 2.18. The molecule has 1 aromatic heterocycles. The van der Waals surface area contributed by atoms with E-state index in [0.29, 0.717) is 43.1 Å². The summed E-state index contributed by atoms with van der Waals surface area (Å²) in [4.78, 5) is 28.9. The van der Waals surface area contributed by atoms with Gasteiger partial charge >= 0.3 is 0 Å². The van der Waals surface area contributed by atoms with E-state index in [2.05, 4.69) is 6.26 Å². The van der Waals surface area contributed by atoms with Gasteiger partial charge in [-0.2, -0.15) is 11.8 Å². The maximum atomic E-state index is 12.7. The highest BCUT2D eigenvalue weighted by Gasteiger charge is 2.27. The first-order valence-corrected chi connectivity index (χ1v) is 10.1. The average Bonchev–Trinajstić information content (AvgIpc) is 3.00. The van der Waals surface area contributed by atoms with Crippen LogP contribution in [0.3, 0.4) is 0 Å². The van der Waals surface area contributed by atoms with Crippen LogP contribution in [-0.2, 0) is 5.75 Å². The smallest absolute Gasteiger partial charge is 0.257 e. The number of hydrogen-bond donors (Lipinski definition) is 0. The Kier molecular flexibility index (Phi) is 5.71. The second-order valence-electron chi connectivity index (χ2n) is 6.54. The number of hydrogen-bond acceptors (Lipinski definition) is 4. The molecule has 26 heavy (non-hydrogen) atoms. The van der Waals surface area contributed by atoms with E-state index in [1.165, 1.54) is 5.56 Å². The molecule has 6 heteroatoms. The van der Waals surface area contributed by atoms with Crippen molar-refractivity contribution in [1.29, 1.82) is 0 Å². The normalized spacial score (nSPS) is 14.6. The lowest BCUT2D eigenvalue weighted by Gasteiger charge is -2.34. The van der Waals surface area contributed by atoms with E-state index in [1.54, 1.807) is 29.7 Å². The molecule has 0 atom stereocenters. The Bertz CT molecular complexity index is 790. The zero-order chi connectivity index (χ0) is 18.7. The SMILES string of the molecule is CSCc1ccc(C(=O)N2CCN(C(=O)c3cc(C)oc3C)CC2)cc1. The summed E-state index contributed by atoms with van der Waals surface area (Å²) in [5.41, 5.74) is 2.54. The Morgan fingerprint density at radius 3 is 2.08 bits per heavy atom. The summed E-state index contributed by atoms with van der Waals surface area (Å²) in [5, 5.41) is 0. The van der Waals surface area contributed by atoms with Gasteiger partial charge in [0, 0.05) is 37.5 Å². The summed E-state index contributed by atoms with van der Waals surface area (Å²) in [6, 6.07) is 9.58. The van der Waals surface area contributed by atoms with Gasteiger partial charge in [-0.3, -0.25) is 9.59 Å². The van der Waals surface area contributed by atoms with Crippen LogP contribution in [0.1, 0.15) is 37.8 Å². The number of amides is 2. The van der Waals surface area contributed by atoms with Gasteiger partial charge in [0.05, 0.1) is 5.56 Å². The van der Waals surface area contributed by atoms with Crippen LogP contribution in [0, 0.1) is 13.8 Å². The predicted octanol–water partition coefficient (Wildman–Crippen LogP) is 3.36. The van der Waals surface area contributed by atoms with Gasteiger partial charge in [-0.1, -0.05) is 12.1 Å². The van der Waals surface area contributed by atoms with E-state index in [4.69, 9.17) is 4.42 Å². The number of nitrogens with zero attached hydrogens (tertiary/aromatic N) is 2. The third kappa shape index (κ3) is 3.96. The molecule has 1 fully saturated rings. The van der Waals surface area contributed by atoms with Crippen molar-refractivity contribution in [3.63, 3.8) is 0 Å². The molecule has 2 amide bonds. The number of carbonyl (C=O) groups excluding carboxylic acids is 2. The number of furan rings is 1. The highest BCUT2D eigenvalue weighted by atomic mass is 32.2. The Morgan fingerprint density at radius 1 is 1.00 bits per heavy atom. The van der Waals surface area contributed by atoms with Gasteiger partial charge < -0.3 is 14.2 Å². The molecule has 1 saturated heterocycles. The number of rotatable bonds is 4. The fourth-order valence-corrected chi connectivity index (χ4v) is 3.74. The van der Waals surface area contributed by atoms with Crippen LogP contribution in [0.4, 0.5) is 0 Å². The van der Waals surface area contributed by atoms with Crippen LogP contribution in [0.5, 0.6) is 0 Å². The largest absolute Gasteiger partial charge is 0.466 e. The van der Waals surface area contributed by atoms with E-state index in [0.717, 1.165) is 11.5 Å². The van der Waals surface area contributed by atoms with Crippen molar-refractivity contribution in [2.45, 2.75) is 19.6 Å². The summed E-state index contributed by atoms with van der Waals surface area (Å²) in [6.45, 7) is 5.82. The van der Waals surface area contributed by atoms with Crippen molar-refractivity contribution in [2.75, 3.05) is 32.4 Å². The molecule has 0 N–H and O–H groups in total. The Morgan fingerprint density at radius 2 is 1.58 bits per heavy atom. The molecule has 0 unspecified atom stereocenters. The van der Waals surface area contributed by atoms with Crippen molar-refractivity contribution in [3.05, 3.63) is 58.5 Å². The summed E-state index contributed by atoms with van der Waals surface area (Å²) in [6.07, 6.45) is 2.06. The van der Waals surface area contributed by atoms with E-state index in [-0.39, 0.29) is 11.8 Å². The molecule has 3 rings (SSSR count). The highest BCUT2D eigenvalue weighted by molar-refractivity contribution is 7.97. The monoisotopic (exact) mass is 372 g/mol. The number of piperazine rings is 1. The first-order chi connectivity index (χ1) is 12.5. The van der Waals surface area contributed by atoms with Crippen LogP contribution in [0.15, 0.2) is 34.7 Å². The molecule has 1 aliphatic rings. The Balaban J connectivity index is 1.60. The van der Waals surface area contributed by atoms with Gasteiger partial charge in [-0.15, -0.1) is 0 Å². The van der Waals surface area contributed by atoms with Gasteiger partial charge in [0.25, 0.3) is 11.8 Å². The molecular formula is C20H24N2O3S. The number of benzene rings is 1. The number of thioether (sulfide) groups is 1. The summed E-state index contributed by atoms with van der Waals surface area (Å²) in [7, 11) is 0. The molecule has 5 nitrogen and oxygen atoms in total. The molecule has 0 spiro atoms. The van der Waals surface area contributed by atoms with Crippen LogP contribution < -0.4 is 0 Å². The summed E-state index contributed by atoms with van der Waals surface area (Å²) < 4.78 is 5.46. The molecular weight excluding hydrogens is 348 g/mol. The van der Waals surface area contributed by atoms with Gasteiger partial charge in [-0.05, 0) is 43.9 Å². The molecule has 1 aromatic carbocycles. The van der Waals surface area contributed by atoms with Crippen molar-refractivity contribution in [1.82, 2.24) is 9.80 Å². The maximum Gasteiger partial charge on any atom is 0.257 e. The molecule has 0 saturated carbocycles. The van der Waals surface area contributed by atoms with E-state index < -0.39 is 0 Å². The minimum absolute atomic E-state index is 0.0205. The topological polar surface area (TPSA) is 53.8 Å². The Labute approximate surface area is 158 Å². The second-order valence-corrected chi connectivity index (χ2v) is 7.41.